The third-order valence-corrected chi connectivity index (χ3v) is 5.98. The largest absolute Gasteiger partial charge is 0.380 e. The van der Waals surface area contributed by atoms with E-state index in [-0.39, 0.29) is 0 Å². The number of hydrogen-bond acceptors (Lipinski definition) is 6. The Morgan fingerprint density at radius 3 is 2.87 bits per heavy atom. The fraction of sp³-hybridized carbons (Fsp3) is 0.391. The number of nitrogens with zero attached hydrogens (tertiary/aromatic N) is 5. The molecule has 2 aliphatic heterocycles. The Hall–Kier alpha value is -2.90. The van der Waals surface area contributed by atoms with Crippen molar-refractivity contribution in [2.75, 3.05) is 45.2 Å². The van der Waals surface area contributed by atoms with E-state index in [1.807, 2.05) is 30.5 Å². The van der Waals surface area contributed by atoms with Crippen LogP contribution in [0.4, 0.5) is 5.69 Å². The highest BCUT2D eigenvalue weighted by Gasteiger charge is 2.23. The first-order valence-electron chi connectivity index (χ1n) is 10.5. The molecule has 0 saturated carbocycles. The molecule has 0 N–H and O–H groups in total. The minimum absolute atomic E-state index is 0.293. The molecule has 0 aliphatic carbocycles. The first-order chi connectivity index (χ1) is 14.7. The molecule has 0 bridgehead atoms. The van der Waals surface area contributed by atoms with Crippen LogP contribution in [0.3, 0.4) is 0 Å². The van der Waals surface area contributed by atoms with Gasteiger partial charge in [-0.1, -0.05) is 17.0 Å². The molecule has 7 nitrogen and oxygen atoms in total. The SMILES string of the molecule is COC1CCN(c2cccc(On3nc(C4=CCN(C)CC4)c4ncccc43)c2)C1. The lowest BCUT2D eigenvalue weighted by molar-refractivity contribution is 0.121. The topological polar surface area (TPSA) is 55.7 Å². The summed E-state index contributed by atoms with van der Waals surface area (Å²) in [4.78, 5) is 17.0. The number of rotatable bonds is 5. The van der Waals surface area contributed by atoms with Crippen molar-refractivity contribution in [2.45, 2.75) is 18.9 Å². The van der Waals surface area contributed by atoms with Crippen LogP contribution in [-0.4, -0.2) is 66.3 Å². The minimum atomic E-state index is 0.293. The van der Waals surface area contributed by atoms with Gasteiger partial charge in [-0.25, -0.2) is 0 Å². The summed E-state index contributed by atoms with van der Waals surface area (Å²) in [5.74, 6) is 0.755. The van der Waals surface area contributed by atoms with Gasteiger partial charge in [0, 0.05) is 51.2 Å². The van der Waals surface area contributed by atoms with E-state index in [4.69, 9.17) is 14.7 Å². The Morgan fingerprint density at radius 2 is 2.07 bits per heavy atom. The summed E-state index contributed by atoms with van der Waals surface area (Å²) in [6.07, 6.45) is 6.36. The lowest BCUT2D eigenvalue weighted by Gasteiger charge is -2.20. The van der Waals surface area contributed by atoms with Crippen LogP contribution in [0.25, 0.3) is 16.6 Å². The number of likely N-dealkylation sites (N-methyl/N-ethyl adjacent to an activating group) is 1. The van der Waals surface area contributed by atoms with E-state index in [1.54, 1.807) is 12.0 Å². The molecule has 4 heterocycles. The lowest BCUT2D eigenvalue weighted by atomic mass is 10.0. The van der Waals surface area contributed by atoms with Gasteiger partial charge in [0.25, 0.3) is 0 Å². The maximum atomic E-state index is 6.21. The van der Waals surface area contributed by atoms with Gasteiger partial charge in [0.2, 0.25) is 0 Å². The normalized spacial score (nSPS) is 20.0. The van der Waals surface area contributed by atoms with Crippen molar-refractivity contribution in [3.05, 3.63) is 54.4 Å². The second kappa shape index (κ2) is 8.08. The molecule has 0 amide bonds. The second-order valence-corrected chi connectivity index (χ2v) is 8.02. The Labute approximate surface area is 176 Å². The quantitative estimate of drug-likeness (QED) is 0.650. The minimum Gasteiger partial charge on any atom is -0.380 e. The van der Waals surface area contributed by atoms with E-state index in [1.165, 1.54) is 5.57 Å². The van der Waals surface area contributed by atoms with Crippen molar-refractivity contribution in [3.8, 4) is 5.75 Å². The number of aromatic nitrogens is 3. The Balaban J connectivity index is 1.44. The fourth-order valence-corrected chi connectivity index (χ4v) is 4.19. The van der Waals surface area contributed by atoms with Crippen LogP contribution in [0.1, 0.15) is 18.5 Å². The molecule has 5 rings (SSSR count). The average Bonchev–Trinajstić information content (AvgIpc) is 3.40. The third kappa shape index (κ3) is 3.66. The van der Waals surface area contributed by atoms with Crippen LogP contribution in [0.5, 0.6) is 5.75 Å². The number of fused-ring (bicyclic) bond motifs is 1. The summed E-state index contributed by atoms with van der Waals surface area (Å²) >= 11 is 0. The van der Waals surface area contributed by atoms with E-state index in [0.717, 1.165) is 67.2 Å². The number of hydrogen-bond donors (Lipinski definition) is 0. The smallest absolute Gasteiger partial charge is 0.160 e. The molecule has 0 spiro atoms. The molecule has 2 aliphatic rings. The van der Waals surface area contributed by atoms with E-state index >= 15 is 0 Å². The average molecular weight is 406 g/mol. The van der Waals surface area contributed by atoms with Crippen LogP contribution in [-0.2, 0) is 4.74 Å². The summed E-state index contributed by atoms with van der Waals surface area (Å²) in [6, 6.07) is 12.1. The van der Waals surface area contributed by atoms with Gasteiger partial charge >= 0.3 is 0 Å². The molecule has 1 unspecified atom stereocenters. The third-order valence-electron chi connectivity index (χ3n) is 5.98. The molecule has 1 aromatic carbocycles. The fourth-order valence-electron chi connectivity index (χ4n) is 4.19. The molecule has 3 aromatic rings. The molecule has 156 valence electrons. The maximum Gasteiger partial charge on any atom is 0.160 e. The predicted molar refractivity (Wildman–Crippen MR) is 118 cm³/mol. The standard InChI is InChI=1S/C23H27N5O2/c1-26-12-8-17(9-13-26)22-23-21(7-4-11-24-23)28(25-22)30-19-6-3-5-18(15-19)27-14-10-20(16-27)29-2/h3-8,11,15,20H,9-10,12-14,16H2,1-2H3. The summed E-state index contributed by atoms with van der Waals surface area (Å²) in [7, 11) is 3.91. The van der Waals surface area contributed by atoms with E-state index in [0.29, 0.717) is 6.10 Å². The van der Waals surface area contributed by atoms with Gasteiger partial charge in [0.05, 0.1) is 6.10 Å². The summed E-state index contributed by atoms with van der Waals surface area (Å²) < 4.78 is 5.50. The van der Waals surface area contributed by atoms with Gasteiger partial charge in [-0.3, -0.25) is 4.98 Å². The van der Waals surface area contributed by atoms with E-state index in [2.05, 4.69) is 40.0 Å². The number of methoxy groups -OCH3 is 1. The maximum absolute atomic E-state index is 6.21. The number of benzene rings is 1. The molecule has 2 aromatic heterocycles. The van der Waals surface area contributed by atoms with Gasteiger partial charge in [-0.05, 0) is 49.7 Å². The molecule has 0 radical (unpaired) electrons. The molecular weight excluding hydrogens is 378 g/mol. The zero-order chi connectivity index (χ0) is 20.5. The Morgan fingerprint density at radius 1 is 1.13 bits per heavy atom. The van der Waals surface area contributed by atoms with Crippen LogP contribution in [0, 0.1) is 0 Å². The second-order valence-electron chi connectivity index (χ2n) is 8.02. The molecule has 1 saturated heterocycles. The molecule has 1 fully saturated rings. The van der Waals surface area contributed by atoms with Gasteiger partial charge in [0.15, 0.2) is 5.75 Å². The molecular formula is C23H27N5O2. The highest BCUT2D eigenvalue weighted by atomic mass is 16.7. The first kappa shape index (κ1) is 19.1. The van der Waals surface area contributed by atoms with Gasteiger partial charge < -0.3 is 19.4 Å². The summed E-state index contributed by atoms with van der Waals surface area (Å²) in [5, 5.41) is 4.80. The monoisotopic (exact) mass is 405 g/mol. The Bertz CT molecular complexity index is 1080. The van der Waals surface area contributed by atoms with Crippen molar-refractivity contribution in [1.82, 2.24) is 19.8 Å². The molecule has 1 atom stereocenters. The molecule has 7 heteroatoms. The predicted octanol–water partition coefficient (Wildman–Crippen LogP) is 3.22. The van der Waals surface area contributed by atoms with Crippen molar-refractivity contribution in [2.24, 2.45) is 0 Å². The number of ether oxygens (including phenoxy) is 1. The van der Waals surface area contributed by atoms with Gasteiger partial charge in [0.1, 0.15) is 16.7 Å². The first-order valence-corrected chi connectivity index (χ1v) is 10.5. The number of anilines is 1. The highest BCUT2D eigenvalue weighted by Crippen LogP contribution is 2.29. The van der Waals surface area contributed by atoms with Gasteiger partial charge in [-0.2, -0.15) is 0 Å². The van der Waals surface area contributed by atoms with Crippen molar-refractivity contribution in [3.63, 3.8) is 0 Å². The van der Waals surface area contributed by atoms with Crippen LogP contribution in [0.15, 0.2) is 48.7 Å². The van der Waals surface area contributed by atoms with E-state index < -0.39 is 0 Å². The summed E-state index contributed by atoms with van der Waals surface area (Å²) in [5.41, 5.74) is 5.04. The van der Waals surface area contributed by atoms with Crippen LogP contribution < -0.4 is 9.74 Å². The lowest BCUT2D eigenvalue weighted by Crippen LogP contribution is -2.23. The zero-order valence-electron chi connectivity index (χ0n) is 17.5. The van der Waals surface area contributed by atoms with Gasteiger partial charge in [-0.15, -0.1) is 5.10 Å². The highest BCUT2D eigenvalue weighted by molar-refractivity contribution is 5.87. The Kier molecular flexibility index (Phi) is 5.14. The van der Waals surface area contributed by atoms with Crippen molar-refractivity contribution < 1.29 is 9.57 Å². The zero-order valence-corrected chi connectivity index (χ0v) is 17.5. The summed E-state index contributed by atoms with van der Waals surface area (Å²) in [6.45, 7) is 3.84. The van der Waals surface area contributed by atoms with Crippen molar-refractivity contribution >= 4 is 22.3 Å². The van der Waals surface area contributed by atoms with Crippen LogP contribution in [0.2, 0.25) is 0 Å². The van der Waals surface area contributed by atoms with E-state index in [9.17, 15) is 0 Å². The number of pyridine rings is 1. The van der Waals surface area contributed by atoms with Crippen LogP contribution >= 0.6 is 0 Å². The van der Waals surface area contributed by atoms with Crippen molar-refractivity contribution in [1.29, 1.82) is 0 Å². The molecule has 30 heavy (non-hydrogen) atoms.